The maximum Gasteiger partial charge on any atom is 0.434 e. The highest BCUT2D eigenvalue weighted by Crippen LogP contribution is 2.33. The number of hydrogen-bond donors (Lipinski definition) is 1. The summed E-state index contributed by atoms with van der Waals surface area (Å²) in [6.07, 6.45) is 2.28. The van der Waals surface area contributed by atoms with Gasteiger partial charge in [-0.1, -0.05) is 18.2 Å². The van der Waals surface area contributed by atoms with Gasteiger partial charge >= 0.3 is 12.1 Å². The second-order valence-corrected chi connectivity index (χ2v) is 8.09. The molecule has 0 aliphatic heterocycles. The third-order valence-corrected chi connectivity index (χ3v) is 5.47. The molecule has 1 fully saturated rings. The van der Waals surface area contributed by atoms with Crippen molar-refractivity contribution in [2.45, 2.75) is 19.0 Å². The van der Waals surface area contributed by atoms with Crippen LogP contribution in [0.3, 0.4) is 0 Å². The van der Waals surface area contributed by atoms with E-state index in [1.165, 1.54) is 10.9 Å². The van der Waals surface area contributed by atoms with Crippen LogP contribution in [-0.4, -0.2) is 30.7 Å². The maximum absolute atomic E-state index is 13.0. The van der Waals surface area contributed by atoms with Gasteiger partial charge < -0.3 is 10.1 Å². The van der Waals surface area contributed by atoms with Gasteiger partial charge in [0, 0.05) is 18.8 Å². The summed E-state index contributed by atoms with van der Waals surface area (Å²) in [4.78, 5) is 23.5. The maximum atomic E-state index is 13.0. The van der Waals surface area contributed by atoms with Crippen LogP contribution in [0.5, 0.6) is 5.75 Å². The molecule has 1 aliphatic rings. The second kappa shape index (κ2) is 8.82. The Morgan fingerprint density at radius 2 is 1.77 bits per heavy atom. The number of hydrogen-bond acceptors (Lipinski definition) is 7. The minimum absolute atomic E-state index is 0.0268. The van der Waals surface area contributed by atoms with E-state index < -0.39 is 11.9 Å². The van der Waals surface area contributed by atoms with Crippen molar-refractivity contribution >= 4 is 17.6 Å². The van der Waals surface area contributed by atoms with Crippen LogP contribution >= 0.6 is 0 Å². The van der Waals surface area contributed by atoms with Crippen molar-refractivity contribution in [3.63, 3.8) is 0 Å². The number of esters is 1. The van der Waals surface area contributed by atoms with Crippen LogP contribution < -0.4 is 10.1 Å². The fourth-order valence-corrected chi connectivity index (χ4v) is 3.42. The number of benzene rings is 1. The fourth-order valence-electron chi connectivity index (χ4n) is 3.42. The molecule has 3 heterocycles. The van der Waals surface area contributed by atoms with E-state index in [1.54, 1.807) is 37.6 Å². The highest BCUT2D eigenvalue weighted by atomic mass is 19.4. The molecule has 0 radical (unpaired) electrons. The van der Waals surface area contributed by atoms with Gasteiger partial charge in [-0.25, -0.2) is 4.98 Å². The first kappa shape index (κ1) is 22.5. The fraction of sp³-hybridized carbons (Fsp3) is 0.208. The van der Waals surface area contributed by atoms with Gasteiger partial charge in [-0.05, 0) is 36.6 Å². The van der Waals surface area contributed by atoms with E-state index in [-0.39, 0.29) is 17.7 Å². The molecular weight excluding hydrogens is 461 g/mol. The quantitative estimate of drug-likeness (QED) is 0.306. The zero-order valence-electron chi connectivity index (χ0n) is 18.5. The van der Waals surface area contributed by atoms with Gasteiger partial charge in [0.2, 0.25) is 0 Å². The number of anilines is 2. The molecule has 0 bridgehead atoms. The number of rotatable bonds is 6. The van der Waals surface area contributed by atoms with E-state index in [4.69, 9.17) is 4.74 Å². The normalized spacial score (nSPS) is 13.5. The summed E-state index contributed by atoms with van der Waals surface area (Å²) in [5.41, 5.74) is 1.79. The monoisotopic (exact) mass is 480 g/mol. The van der Waals surface area contributed by atoms with Crippen molar-refractivity contribution in [1.29, 1.82) is 0 Å². The number of aromatic nitrogens is 5. The van der Waals surface area contributed by atoms with Crippen LogP contribution in [-0.2, 0) is 18.0 Å². The Balaban J connectivity index is 1.34. The Morgan fingerprint density at radius 1 is 1.03 bits per heavy atom. The summed E-state index contributed by atoms with van der Waals surface area (Å²) in [7, 11) is 1.65. The largest absolute Gasteiger partial charge is 0.434 e. The molecule has 1 N–H and O–H groups in total. The Kier molecular flexibility index (Phi) is 5.67. The van der Waals surface area contributed by atoms with E-state index in [2.05, 4.69) is 25.4 Å². The van der Waals surface area contributed by atoms with Gasteiger partial charge in [0.15, 0.2) is 11.5 Å². The second-order valence-electron chi connectivity index (χ2n) is 8.09. The molecule has 4 aromatic rings. The zero-order valence-corrected chi connectivity index (χ0v) is 18.5. The Hall–Kier alpha value is -4.28. The van der Waals surface area contributed by atoms with Crippen LogP contribution in [0.4, 0.5) is 24.8 Å². The van der Waals surface area contributed by atoms with Crippen molar-refractivity contribution in [2.24, 2.45) is 13.0 Å². The molecular formula is C24H19F3N6O2. The molecule has 5 rings (SSSR count). The molecule has 0 saturated heterocycles. The molecule has 1 aromatic carbocycles. The molecule has 35 heavy (non-hydrogen) atoms. The van der Waals surface area contributed by atoms with E-state index in [9.17, 15) is 18.0 Å². The SMILES string of the molecule is Cn1ncc(-c2ccc(-c3ccc(OC(=O)C4CC4)cc3)cn2)c1Nc1cncc(C(F)(F)F)n1. The lowest BCUT2D eigenvalue weighted by Crippen LogP contribution is -2.10. The van der Waals surface area contributed by atoms with E-state index >= 15 is 0 Å². The summed E-state index contributed by atoms with van der Waals surface area (Å²) in [6.45, 7) is 0. The van der Waals surface area contributed by atoms with Gasteiger partial charge in [-0.2, -0.15) is 18.3 Å². The number of carbonyl (C=O) groups excluding carboxylic acids is 1. The van der Waals surface area contributed by atoms with Crippen molar-refractivity contribution in [3.8, 4) is 28.1 Å². The van der Waals surface area contributed by atoms with Crippen LogP contribution in [0.15, 0.2) is 61.2 Å². The number of carbonyl (C=O) groups is 1. The predicted molar refractivity (Wildman–Crippen MR) is 121 cm³/mol. The molecule has 0 spiro atoms. The minimum Gasteiger partial charge on any atom is -0.426 e. The molecule has 0 amide bonds. The van der Waals surface area contributed by atoms with Gasteiger partial charge in [0.1, 0.15) is 11.6 Å². The number of nitrogens with zero attached hydrogens (tertiary/aromatic N) is 5. The zero-order chi connectivity index (χ0) is 24.6. The van der Waals surface area contributed by atoms with Crippen molar-refractivity contribution < 1.29 is 22.7 Å². The highest BCUT2D eigenvalue weighted by Gasteiger charge is 2.33. The third kappa shape index (κ3) is 4.98. The predicted octanol–water partition coefficient (Wildman–Crippen LogP) is 5.02. The molecule has 3 aromatic heterocycles. The van der Waals surface area contributed by atoms with E-state index in [1.807, 2.05) is 18.2 Å². The first-order chi connectivity index (χ1) is 16.8. The third-order valence-electron chi connectivity index (χ3n) is 5.47. The summed E-state index contributed by atoms with van der Waals surface area (Å²) in [6, 6.07) is 10.8. The molecule has 8 nitrogen and oxygen atoms in total. The van der Waals surface area contributed by atoms with Crippen molar-refractivity contribution in [2.75, 3.05) is 5.32 Å². The number of aryl methyl sites for hydroxylation is 1. The molecule has 1 saturated carbocycles. The smallest absolute Gasteiger partial charge is 0.426 e. The van der Waals surface area contributed by atoms with Gasteiger partial charge in [-0.3, -0.25) is 19.4 Å². The van der Waals surface area contributed by atoms with E-state index in [0.717, 1.165) is 24.0 Å². The minimum atomic E-state index is -4.60. The molecule has 0 atom stereocenters. The topological polar surface area (TPSA) is 94.8 Å². The lowest BCUT2D eigenvalue weighted by molar-refractivity contribution is -0.141. The summed E-state index contributed by atoms with van der Waals surface area (Å²) in [5.74, 6) is 0.683. The van der Waals surface area contributed by atoms with Gasteiger partial charge in [0.05, 0.1) is 35.8 Å². The molecule has 1 aliphatic carbocycles. The Labute approximate surface area is 197 Å². The van der Waals surface area contributed by atoms with Crippen LogP contribution in [0.1, 0.15) is 18.5 Å². The Bertz CT molecular complexity index is 1360. The first-order valence-corrected chi connectivity index (χ1v) is 10.7. The average Bonchev–Trinajstić information content (AvgIpc) is 3.64. The highest BCUT2D eigenvalue weighted by molar-refractivity contribution is 5.78. The lowest BCUT2D eigenvalue weighted by Gasteiger charge is -2.11. The average molecular weight is 480 g/mol. The van der Waals surface area contributed by atoms with Crippen LogP contribution in [0, 0.1) is 5.92 Å². The summed E-state index contributed by atoms with van der Waals surface area (Å²) >= 11 is 0. The van der Waals surface area contributed by atoms with Gasteiger partial charge in [-0.15, -0.1) is 0 Å². The number of halogens is 3. The van der Waals surface area contributed by atoms with E-state index in [0.29, 0.717) is 29.0 Å². The molecule has 178 valence electrons. The summed E-state index contributed by atoms with van der Waals surface area (Å²) in [5, 5.41) is 7.05. The van der Waals surface area contributed by atoms with Crippen molar-refractivity contribution in [1.82, 2.24) is 24.7 Å². The number of alkyl halides is 3. The Morgan fingerprint density at radius 3 is 2.43 bits per heavy atom. The van der Waals surface area contributed by atoms with Crippen LogP contribution in [0.25, 0.3) is 22.4 Å². The molecule has 0 unspecified atom stereocenters. The number of pyridine rings is 1. The molecule has 11 heteroatoms. The number of ether oxygens (including phenoxy) is 1. The first-order valence-electron chi connectivity index (χ1n) is 10.7. The standard InChI is InChI=1S/C24H19F3N6O2/c1-33-22(32-21-13-28-12-20(31-21)24(25,26)27)18(11-30-33)19-9-6-16(10-29-19)14-4-7-17(8-5-14)35-23(34)15-2-3-15/h4-13,15H,2-3H2,1H3,(H,31,32). The van der Waals surface area contributed by atoms with Crippen LogP contribution in [0.2, 0.25) is 0 Å². The van der Waals surface area contributed by atoms with Gasteiger partial charge in [0.25, 0.3) is 0 Å². The summed E-state index contributed by atoms with van der Waals surface area (Å²) < 4.78 is 45.8. The number of nitrogens with one attached hydrogen (secondary N) is 1. The lowest BCUT2D eigenvalue weighted by atomic mass is 10.1. The van der Waals surface area contributed by atoms with Crippen molar-refractivity contribution in [3.05, 3.63) is 66.9 Å².